The maximum Gasteiger partial charge on any atom is 0.308 e. The molecule has 0 unspecified atom stereocenters. The quantitative estimate of drug-likeness (QED) is 0.275. The van der Waals surface area contributed by atoms with Crippen LogP contribution < -0.4 is 10.5 Å². The third-order valence-corrected chi connectivity index (χ3v) is 1.42. The van der Waals surface area contributed by atoms with E-state index in [1.54, 1.807) is 0 Å². The van der Waals surface area contributed by atoms with Crippen LogP contribution in [-0.2, 0) is 4.79 Å². The fraction of sp³-hybridized carbons (Fsp3) is 0.222. The van der Waals surface area contributed by atoms with Gasteiger partial charge in [-0.3, -0.25) is 4.79 Å². The summed E-state index contributed by atoms with van der Waals surface area (Å²) in [5.41, 5.74) is 4.50. The lowest BCUT2D eigenvalue weighted by atomic mass is 10.2. The Morgan fingerprint density at radius 1 is 0.882 bits per heavy atom. The van der Waals surface area contributed by atoms with E-state index in [0.717, 1.165) is 6.92 Å². The van der Waals surface area contributed by atoms with Crippen LogP contribution in [-0.4, -0.2) is 13.0 Å². The van der Waals surface area contributed by atoms with Crippen LogP contribution in [0, 0.1) is 29.1 Å². The number of benzene rings is 1. The smallest absolute Gasteiger partial charge is 0.308 e. The molecule has 1 aromatic rings. The summed E-state index contributed by atoms with van der Waals surface area (Å²) in [6.07, 6.45) is 0. The lowest BCUT2D eigenvalue weighted by Gasteiger charge is -2.06. The maximum absolute atomic E-state index is 12.8. The molecule has 8 heteroatoms. The first-order valence-corrected chi connectivity index (χ1v) is 4.13. The van der Waals surface area contributed by atoms with Crippen molar-refractivity contribution in [2.45, 2.75) is 6.92 Å². The Morgan fingerprint density at radius 3 is 1.47 bits per heavy atom. The molecule has 0 atom stereocenters. The summed E-state index contributed by atoms with van der Waals surface area (Å²) in [5, 5.41) is 0. The highest BCUT2D eigenvalue weighted by atomic mass is 19.2. The highest BCUT2D eigenvalue weighted by molar-refractivity contribution is 5.69. The molecule has 2 N–H and O–H groups in total. The van der Waals surface area contributed by atoms with E-state index in [1.165, 1.54) is 7.05 Å². The van der Waals surface area contributed by atoms with Crippen LogP contribution in [0.25, 0.3) is 0 Å². The van der Waals surface area contributed by atoms with Crippen molar-refractivity contribution in [1.82, 2.24) is 0 Å². The zero-order valence-corrected chi connectivity index (χ0v) is 8.78. The van der Waals surface area contributed by atoms with Crippen LogP contribution >= 0.6 is 0 Å². The predicted molar refractivity (Wildman–Crippen MR) is 47.7 cm³/mol. The first-order chi connectivity index (χ1) is 7.86. The molecule has 3 nitrogen and oxygen atoms in total. The summed E-state index contributed by atoms with van der Waals surface area (Å²) in [6, 6.07) is 0. The van der Waals surface area contributed by atoms with Crippen LogP contribution in [0.15, 0.2) is 0 Å². The summed E-state index contributed by atoms with van der Waals surface area (Å²) < 4.78 is 66.9. The summed E-state index contributed by atoms with van der Waals surface area (Å²) in [5.74, 6) is -13.8. The minimum atomic E-state index is -2.30. The average molecular weight is 257 g/mol. The number of nitrogens with two attached hydrogens (primary N) is 1. The highest BCUT2D eigenvalue weighted by Crippen LogP contribution is 2.28. The highest BCUT2D eigenvalue weighted by Gasteiger charge is 2.27. The molecule has 0 heterocycles. The van der Waals surface area contributed by atoms with Crippen molar-refractivity contribution in [1.29, 1.82) is 0 Å². The molecule has 1 rings (SSSR count). The monoisotopic (exact) mass is 257 g/mol. The standard InChI is InChI=1S/C8H3F5O2.CH5N/c1-2(14)15-8-6(12)4(10)3(9)5(11)7(8)13;1-2/h1H3;2H2,1H3. The fourth-order valence-corrected chi connectivity index (χ4v) is 0.818. The number of esters is 1. The van der Waals surface area contributed by atoms with Gasteiger partial charge in [-0.2, -0.15) is 8.78 Å². The molecule has 0 bridgehead atoms. The second kappa shape index (κ2) is 6.14. The van der Waals surface area contributed by atoms with Crippen molar-refractivity contribution in [3.05, 3.63) is 29.1 Å². The van der Waals surface area contributed by atoms with Crippen LogP contribution in [0.1, 0.15) is 6.92 Å². The van der Waals surface area contributed by atoms with Crippen LogP contribution in [0.2, 0.25) is 0 Å². The van der Waals surface area contributed by atoms with Crippen LogP contribution in [0.5, 0.6) is 5.75 Å². The lowest BCUT2D eigenvalue weighted by Crippen LogP contribution is -2.10. The van der Waals surface area contributed by atoms with Gasteiger partial charge in [0.15, 0.2) is 0 Å². The Bertz CT molecular complexity index is 407. The summed E-state index contributed by atoms with van der Waals surface area (Å²) in [7, 11) is 1.50. The molecular formula is C9H8F5NO2. The summed E-state index contributed by atoms with van der Waals surface area (Å²) >= 11 is 0. The summed E-state index contributed by atoms with van der Waals surface area (Å²) in [6.45, 7) is 0.762. The number of rotatable bonds is 1. The van der Waals surface area contributed by atoms with Crippen molar-refractivity contribution in [3.63, 3.8) is 0 Å². The van der Waals surface area contributed by atoms with Gasteiger partial charge in [-0.1, -0.05) is 0 Å². The van der Waals surface area contributed by atoms with E-state index in [1.807, 2.05) is 0 Å². The molecule has 0 radical (unpaired) electrons. The minimum absolute atomic E-state index is 0.762. The van der Waals surface area contributed by atoms with Gasteiger partial charge in [0.1, 0.15) is 0 Å². The second-order valence-corrected chi connectivity index (χ2v) is 2.49. The van der Waals surface area contributed by atoms with Gasteiger partial charge < -0.3 is 10.5 Å². The number of halogens is 5. The van der Waals surface area contributed by atoms with Crippen molar-refractivity contribution >= 4 is 5.97 Å². The van der Waals surface area contributed by atoms with Gasteiger partial charge >= 0.3 is 5.97 Å². The minimum Gasteiger partial charge on any atom is -0.420 e. The number of hydrogen-bond acceptors (Lipinski definition) is 3. The van der Waals surface area contributed by atoms with Crippen molar-refractivity contribution in [2.24, 2.45) is 5.73 Å². The first kappa shape index (κ1) is 15.3. The zero-order chi connectivity index (χ0) is 13.7. The van der Waals surface area contributed by atoms with Crippen molar-refractivity contribution in [2.75, 3.05) is 7.05 Å². The Balaban J connectivity index is 0.00000121. The molecule has 0 saturated carbocycles. The van der Waals surface area contributed by atoms with Gasteiger partial charge in [-0.05, 0) is 7.05 Å². The van der Waals surface area contributed by atoms with E-state index in [9.17, 15) is 26.7 Å². The van der Waals surface area contributed by atoms with E-state index in [-0.39, 0.29) is 0 Å². The zero-order valence-electron chi connectivity index (χ0n) is 8.78. The second-order valence-electron chi connectivity index (χ2n) is 2.49. The molecule has 17 heavy (non-hydrogen) atoms. The summed E-state index contributed by atoms with van der Waals surface area (Å²) in [4.78, 5) is 10.3. The predicted octanol–water partition coefficient (Wildman–Crippen LogP) is 1.88. The lowest BCUT2D eigenvalue weighted by molar-refractivity contribution is -0.132. The van der Waals surface area contributed by atoms with E-state index in [0.29, 0.717) is 0 Å². The Kier molecular flexibility index (Phi) is 5.52. The van der Waals surface area contributed by atoms with Gasteiger partial charge in [0.25, 0.3) is 0 Å². The van der Waals surface area contributed by atoms with Crippen LogP contribution in [0.4, 0.5) is 22.0 Å². The van der Waals surface area contributed by atoms with Gasteiger partial charge in [-0.25, -0.2) is 13.2 Å². The molecule has 0 fully saturated rings. The Labute approximate surface area is 93.0 Å². The fourth-order valence-electron chi connectivity index (χ4n) is 0.818. The van der Waals surface area contributed by atoms with E-state index in [2.05, 4.69) is 10.5 Å². The number of carbonyl (C=O) groups excluding carboxylic acids is 1. The number of ether oxygens (including phenoxy) is 1. The van der Waals surface area contributed by atoms with Gasteiger partial charge in [0, 0.05) is 6.92 Å². The third kappa shape index (κ3) is 3.13. The molecule has 0 aliphatic rings. The molecular weight excluding hydrogens is 249 g/mol. The van der Waals surface area contributed by atoms with E-state index < -0.39 is 40.8 Å². The van der Waals surface area contributed by atoms with Gasteiger partial charge in [0.2, 0.25) is 34.8 Å². The van der Waals surface area contributed by atoms with Crippen molar-refractivity contribution in [3.8, 4) is 5.75 Å². The van der Waals surface area contributed by atoms with Crippen molar-refractivity contribution < 1.29 is 31.5 Å². The molecule has 96 valence electrons. The molecule has 0 aromatic heterocycles. The number of carbonyl (C=O) groups is 1. The van der Waals surface area contributed by atoms with Gasteiger partial charge in [-0.15, -0.1) is 0 Å². The molecule has 0 aliphatic carbocycles. The number of hydrogen-bond donors (Lipinski definition) is 1. The molecule has 1 aromatic carbocycles. The Morgan fingerprint density at radius 2 is 1.18 bits per heavy atom. The van der Waals surface area contributed by atoms with E-state index in [4.69, 9.17) is 0 Å². The first-order valence-electron chi connectivity index (χ1n) is 4.13. The molecule has 0 saturated heterocycles. The van der Waals surface area contributed by atoms with Crippen LogP contribution in [0.3, 0.4) is 0 Å². The molecule has 0 aliphatic heterocycles. The molecule has 0 amide bonds. The SMILES string of the molecule is CC(=O)Oc1c(F)c(F)c(F)c(F)c1F.CN. The van der Waals surface area contributed by atoms with Gasteiger partial charge in [0.05, 0.1) is 0 Å². The van der Waals surface area contributed by atoms with E-state index >= 15 is 0 Å². The topological polar surface area (TPSA) is 52.3 Å². The largest absolute Gasteiger partial charge is 0.420 e. The Hall–Kier alpha value is -1.70. The molecule has 0 spiro atoms. The third-order valence-electron chi connectivity index (χ3n) is 1.42. The normalized spacial score (nSPS) is 9.41. The average Bonchev–Trinajstić information content (AvgIpc) is 2.32. The maximum atomic E-state index is 12.8.